The summed E-state index contributed by atoms with van der Waals surface area (Å²) >= 11 is 0. The Morgan fingerprint density at radius 3 is 2.83 bits per heavy atom. The van der Waals surface area contributed by atoms with E-state index in [1.165, 1.54) is 0 Å². The average Bonchev–Trinajstić information content (AvgIpc) is 2.30. The van der Waals surface area contributed by atoms with Crippen molar-refractivity contribution in [1.82, 2.24) is 0 Å². The number of ether oxygens (including phenoxy) is 1. The van der Waals surface area contributed by atoms with E-state index in [9.17, 15) is 9.90 Å². The minimum absolute atomic E-state index is 0.0195. The number of aliphatic hydroxyl groups is 1. The molecule has 0 aromatic heterocycles. The van der Waals surface area contributed by atoms with Gasteiger partial charge in [-0.05, 0) is 38.0 Å². The molecule has 0 aliphatic heterocycles. The molecule has 1 aromatic carbocycles. The normalized spacial score (nSPS) is 12.0. The Labute approximate surface area is 108 Å². The summed E-state index contributed by atoms with van der Waals surface area (Å²) < 4.78 is 4.78. The maximum atomic E-state index is 11.2. The van der Waals surface area contributed by atoms with Gasteiger partial charge < -0.3 is 15.2 Å². The van der Waals surface area contributed by atoms with Gasteiger partial charge in [0.1, 0.15) is 0 Å². The third-order valence-corrected chi connectivity index (χ3v) is 2.63. The van der Waals surface area contributed by atoms with Crippen LogP contribution >= 0.6 is 0 Å². The first kappa shape index (κ1) is 14.5. The van der Waals surface area contributed by atoms with Crippen LogP contribution in [-0.4, -0.2) is 30.3 Å². The van der Waals surface area contributed by atoms with Gasteiger partial charge in [-0.25, -0.2) is 0 Å². The van der Waals surface area contributed by atoms with Gasteiger partial charge in [0.25, 0.3) is 0 Å². The Morgan fingerprint density at radius 2 is 2.17 bits per heavy atom. The third kappa shape index (κ3) is 4.75. The SMILES string of the molecule is CCOC(=O)CC(O)CNc1cc(C)ccc1C. The largest absolute Gasteiger partial charge is 0.466 e. The molecule has 0 aliphatic rings. The standard InChI is InChI=1S/C14H21NO3/c1-4-18-14(17)8-12(16)9-15-13-7-10(2)5-6-11(13)3/h5-7,12,15-16H,4,8-9H2,1-3H3. The molecule has 1 aromatic rings. The van der Waals surface area contributed by atoms with Crippen molar-refractivity contribution in [2.75, 3.05) is 18.5 Å². The van der Waals surface area contributed by atoms with Gasteiger partial charge in [-0.3, -0.25) is 4.79 Å². The summed E-state index contributed by atoms with van der Waals surface area (Å²) in [7, 11) is 0. The van der Waals surface area contributed by atoms with Gasteiger partial charge in [-0.15, -0.1) is 0 Å². The van der Waals surface area contributed by atoms with Crippen LogP contribution in [0.15, 0.2) is 18.2 Å². The lowest BCUT2D eigenvalue weighted by atomic mass is 10.1. The monoisotopic (exact) mass is 251 g/mol. The van der Waals surface area contributed by atoms with E-state index >= 15 is 0 Å². The Bertz CT molecular complexity index is 404. The highest BCUT2D eigenvalue weighted by Crippen LogP contribution is 2.16. The molecule has 1 unspecified atom stereocenters. The smallest absolute Gasteiger partial charge is 0.308 e. The van der Waals surface area contributed by atoms with Gasteiger partial charge in [0.15, 0.2) is 0 Å². The number of hydrogen-bond donors (Lipinski definition) is 2. The van der Waals surface area contributed by atoms with Crippen LogP contribution in [0, 0.1) is 13.8 Å². The van der Waals surface area contributed by atoms with Gasteiger partial charge in [-0.2, -0.15) is 0 Å². The highest BCUT2D eigenvalue weighted by molar-refractivity contribution is 5.70. The van der Waals surface area contributed by atoms with E-state index in [1.807, 2.05) is 32.0 Å². The number of aryl methyl sites for hydroxylation is 2. The van der Waals surface area contributed by atoms with Crippen LogP contribution in [0.5, 0.6) is 0 Å². The second-order valence-electron chi connectivity index (χ2n) is 4.36. The van der Waals surface area contributed by atoms with E-state index in [-0.39, 0.29) is 12.4 Å². The number of esters is 1. The van der Waals surface area contributed by atoms with Crippen molar-refractivity contribution in [1.29, 1.82) is 0 Å². The predicted molar refractivity (Wildman–Crippen MR) is 71.7 cm³/mol. The van der Waals surface area contributed by atoms with Crippen LogP contribution in [0.3, 0.4) is 0 Å². The first-order valence-corrected chi connectivity index (χ1v) is 6.17. The Kier molecular flexibility index (Phi) is 5.65. The van der Waals surface area contributed by atoms with Crippen molar-refractivity contribution < 1.29 is 14.6 Å². The minimum Gasteiger partial charge on any atom is -0.466 e. The summed E-state index contributed by atoms with van der Waals surface area (Å²) in [4.78, 5) is 11.2. The van der Waals surface area contributed by atoms with Crippen molar-refractivity contribution in [3.8, 4) is 0 Å². The van der Waals surface area contributed by atoms with Crippen molar-refractivity contribution in [3.05, 3.63) is 29.3 Å². The lowest BCUT2D eigenvalue weighted by molar-refractivity contribution is -0.145. The Balaban J connectivity index is 2.44. The molecular formula is C14H21NO3. The fourth-order valence-corrected chi connectivity index (χ4v) is 1.64. The highest BCUT2D eigenvalue weighted by Gasteiger charge is 2.11. The number of benzene rings is 1. The number of carbonyl (C=O) groups is 1. The van der Waals surface area contributed by atoms with Gasteiger partial charge >= 0.3 is 5.97 Å². The lowest BCUT2D eigenvalue weighted by Crippen LogP contribution is -2.24. The van der Waals surface area contributed by atoms with Crippen LogP contribution in [0.25, 0.3) is 0 Å². The summed E-state index contributed by atoms with van der Waals surface area (Å²) in [6, 6.07) is 6.08. The summed E-state index contributed by atoms with van der Waals surface area (Å²) in [5.41, 5.74) is 3.25. The number of anilines is 1. The van der Waals surface area contributed by atoms with Crippen molar-refractivity contribution in [2.45, 2.75) is 33.3 Å². The summed E-state index contributed by atoms with van der Waals surface area (Å²) in [5.74, 6) is -0.368. The van der Waals surface area contributed by atoms with Crippen LogP contribution in [0.4, 0.5) is 5.69 Å². The molecule has 0 spiro atoms. The molecule has 0 saturated heterocycles. The number of carbonyl (C=O) groups excluding carboxylic acids is 1. The maximum absolute atomic E-state index is 11.2. The minimum atomic E-state index is -0.732. The van der Waals surface area contributed by atoms with Gasteiger partial charge in [0.2, 0.25) is 0 Å². The molecule has 2 N–H and O–H groups in total. The van der Waals surface area contributed by atoms with Crippen LogP contribution in [0.2, 0.25) is 0 Å². The molecule has 1 rings (SSSR count). The number of rotatable bonds is 6. The van der Waals surface area contributed by atoms with E-state index in [4.69, 9.17) is 4.74 Å². The molecule has 0 aliphatic carbocycles. The van der Waals surface area contributed by atoms with Crippen LogP contribution in [-0.2, 0) is 9.53 Å². The van der Waals surface area contributed by atoms with E-state index in [1.54, 1.807) is 6.92 Å². The van der Waals surface area contributed by atoms with E-state index < -0.39 is 6.10 Å². The molecule has 4 nitrogen and oxygen atoms in total. The molecular weight excluding hydrogens is 230 g/mol. The topological polar surface area (TPSA) is 58.6 Å². The highest BCUT2D eigenvalue weighted by atomic mass is 16.5. The lowest BCUT2D eigenvalue weighted by Gasteiger charge is -2.14. The fraction of sp³-hybridized carbons (Fsp3) is 0.500. The molecule has 0 bridgehead atoms. The van der Waals surface area contributed by atoms with Crippen LogP contribution < -0.4 is 5.32 Å². The Morgan fingerprint density at radius 1 is 1.44 bits per heavy atom. The first-order chi connectivity index (χ1) is 8.52. The number of aliphatic hydroxyl groups excluding tert-OH is 1. The summed E-state index contributed by atoms with van der Waals surface area (Å²) in [6.45, 7) is 6.44. The van der Waals surface area contributed by atoms with Gasteiger partial charge in [0.05, 0.1) is 19.1 Å². The maximum Gasteiger partial charge on any atom is 0.308 e. The average molecular weight is 251 g/mol. The molecule has 0 heterocycles. The zero-order valence-corrected chi connectivity index (χ0v) is 11.2. The van der Waals surface area contributed by atoms with E-state index in [0.717, 1.165) is 16.8 Å². The summed E-state index contributed by atoms with van der Waals surface area (Å²) in [5, 5.41) is 12.8. The molecule has 0 radical (unpaired) electrons. The van der Waals surface area contributed by atoms with E-state index in [0.29, 0.717) is 13.2 Å². The number of hydrogen-bond acceptors (Lipinski definition) is 4. The zero-order valence-electron chi connectivity index (χ0n) is 11.2. The van der Waals surface area contributed by atoms with Crippen molar-refractivity contribution in [3.63, 3.8) is 0 Å². The second kappa shape index (κ2) is 7.01. The number of nitrogens with one attached hydrogen (secondary N) is 1. The predicted octanol–water partition coefficient (Wildman–Crippen LogP) is 2.03. The molecule has 4 heteroatoms. The quantitative estimate of drug-likeness (QED) is 0.759. The fourth-order valence-electron chi connectivity index (χ4n) is 1.64. The van der Waals surface area contributed by atoms with Gasteiger partial charge in [-0.1, -0.05) is 12.1 Å². The molecule has 100 valence electrons. The molecule has 0 fully saturated rings. The zero-order chi connectivity index (χ0) is 13.5. The van der Waals surface area contributed by atoms with Crippen LogP contribution in [0.1, 0.15) is 24.5 Å². The van der Waals surface area contributed by atoms with Gasteiger partial charge in [0, 0.05) is 12.2 Å². The second-order valence-corrected chi connectivity index (χ2v) is 4.36. The Hall–Kier alpha value is -1.55. The van der Waals surface area contributed by atoms with Crippen molar-refractivity contribution >= 4 is 11.7 Å². The molecule has 1 atom stereocenters. The molecule has 18 heavy (non-hydrogen) atoms. The molecule has 0 saturated carbocycles. The first-order valence-electron chi connectivity index (χ1n) is 6.17. The van der Waals surface area contributed by atoms with Crippen molar-refractivity contribution in [2.24, 2.45) is 0 Å². The molecule has 0 amide bonds. The third-order valence-electron chi connectivity index (χ3n) is 2.63. The van der Waals surface area contributed by atoms with E-state index in [2.05, 4.69) is 5.32 Å². The summed E-state index contributed by atoms with van der Waals surface area (Å²) in [6.07, 6.45) is -0.713.